The van der Waals surface area contributed by atoms with Gasteiger partial charge < -0.3 is 9.84 Å². The van der Waals surface area contributed by atoms with Crippen molar-refractivity contribution in [1.82, 2.24) is 0 Å². The van der Waals surface area contributed by atoms with Crippen molar-refractivity contribution in [3.8, 4) is 17.6 Å². The lowest BCUT2D eigenvalue weighted by Crippen LogP contribution is -2.38. The number of hydrogen-bond acceptors (Lipinski definition) is 3. The van der Waals surface area contributed by atoms with Gasteiger partial charge in [-0.2, -0.15) is 5.26 Å². The maximum atomic E-state index is 11.7. The van der Waals surface area contributed by atoms with Crippen molar-refractivity contribution in [2.24, 2.45) is 5.92 Å². The molecule has 4 heteroatoms. The first-order valence-electron chi connectivity index (χ1n) is 6.95. The van der Waals surface area contributed by atoms with Crippen LogP contribution >= 0.6 is 0 Å². The second kappa shape index (κ2) is 6.31. The molecule has 0 heterocycles. The van der Waals surface area contributed by atoms with E-state index in [9.17, 15) is 9.90 Å². The number of para-hydroxylation sites is 1. The first-order valence-corrected chi connectivity index (χ1v) is 6.95. The summed E-state index contributed by atoms with van der Waals surface area (Å²) < 4.78 is 5.73. The third-order valence-electron chi connectivity index (χ3n) is 3.92. The van der Waals surface area contributed by atoms with Crippen LogP contribution in [0.2, 0.25) is 0 Å². The predicted molar refractivity (Wildman–Crippen MR) is 82.7 cm³/mol. The van der Waals surface area contributed by atoms with Crippen LogP contribution in [0.3, 0.4) is 0 Å². The van der Waals surface area contributed by atoms with E-state index in [1.54, 1.807) is 38.1 Å². The third kappa shape index (κ3) is 2.94. The van der Waals surface area contributed by atoms with E-state index in [0.717, 1.165) is 0 Å². The fraction of sp³-hybridized carbons (Fsp3) is 0.222. The Kier molecular flexibility index (Phi) is 4.47. The molecule has 0 saturated carbocycles. The van der Waals surface area contributed by atoms with Gasteiger partial charge in [0.25, 0.3) is 0 Å². The minimum absolute atomic E-state index is 0.543. The van der Waals surface area contributed by atoms with Crippen molar-refractivity contribution in [2.75, 3.05) is 0 Å². The second-order valence-electron chi connectivity index (χ2n) is 5.30. The summed E-state index contributed by atoms with van der Waals surface area (Å²) in [5.74, 6) is -0.485. The van der Waals surface area contributed by atoms with Crippen LogP contribution in [-0.4, -0.2) is 11.1 Å². The molecule has 112 valence electrons. The van der Waals surface area contributed by atoms with E-state index in [4.69, 9.17) is 10.00 Å². The molecule has 0 aliphatic carbocycles. The number of aliphatic carboxylic acids is 1. The molecule has 0 amide bonds. The van der Waals surface area contributed by atoms with E-state index in [1.165, 1.54) is 0 Å². The fourth-order valence-electron chi connectivity index (χ4n) is 2.20. The number of nitrogens with zero attached hydrogens (tertiary/aromatic N) is 1. The van der Waals surface area contributed by atoms with Gasteiger partial charge in [-0.05, 0) is 43.7 Å². The minimum atomic E-state index is -1.29. The number of carboxylic acids is 1. The summed E-state index contributed by atoms with van der Waals surface area (Å²) in [6, 6.07) is 18.2. The van der Waals surface area contributed by atoms with E-state index >= 15 is 0 Å². The van der Waals surface area contributed by atoms with E-state index < -0.39 is 17.3 Å². The van der Waals surface area contributed by atoms with Crippen molar-refractivity contribution >= 4 is 5.97 Å². The molecule has 2 unspecified atom stereocenters. The topological polar surface area (TPSA) is 70.3 Å². The predicted octanol–water partition coefficient (Wildman–Crippen LogP) is 3.98. The Morgan fingerprint density at radius 3 is 2.41 bits per heavy atom. The van der Waals surface area contributed by atoms with Gasteiger partial charge in [-0.1, -0.05) is 30.3 Å². The van der Waals surface area contributed by atoms with Crippen LogP contribution in [0.5, 0.6) is 11.5 Å². The Labute approximate surface area is 129 Å². The number of carbonyl (C=O) groups is 1. The monoisotopic (exact) mass is 295 g/mol. The first-order chi connectivity index (χ1) is 10.5. The number of carboxylic acid groups (broad SMARTS) is 1. The molecule has 0 aliphatic rings. The summed E-state index contributed by atoms with van der Waals surface area (Å²) in [6.45, 7) is 3.17. The molecule has 22 heavy (non-hydrogen) atoms. The summed E-state index contributed by atoms with van der Waals surface area (Å²) in [4.78, 5) is 11.7. The van der Waals surface area contributed by atoms with Gasteiger partial charge in [0.2, 0.25) is 0 Å². The molecule has 0 fully saturated rings. The molecule has 2 atom stereocenters. The van der Waals surface area contributed by atoms with Gasteiger partial charge in [0.1, 0.15) is 16.9 Å². The quantitative estimate of drug-likeness (QED) is 0.905. The van der Waals surface area contributed by atoms with Crippen molar-refractivity contribution in [3.63, 3.8) is 0 Å². The van der Waals surface area contributed by atoms with Gasteiger partial charge in [-0.15, -0.1) is 0 Å². The zero-order valence-corrected chi connectivity index (χ0v) is 12.5. The Morgan fingerprint density at radius 1 is 1.18 bits per heavy atom. The number of nitriles is 1. The van der Waals surface area contributed by atoms with E-state index in [0.29, 0.717) is 17.1 Å². The minimum Gasteiger partial charge on any atom is -0.481 e. The van der Waals surface area contributed by atoms with Gasteiger partial charge >= 0.3 is 5.97 Å². The number of rotatable bonds is 5. The van der Waals surface area contributed by atoms with Crippen molar-refractivity contribution in [3.05, 3.63) is 60.2 Å². The fourth-order valence-corrected chi connectivity index (χ4v) is 2.20. The molecule has 4 nitrogen and oxygen atoms in total. The first kappa shape index (κ1) is 15.6. The Morgan fingerprint density at radius 2 is 1.82 bits per heavy atom. The maximum absolute atomic E-state index is 11.7. The van der Waals surface area contributed by atoms with Crippen LogP contribution in [0, 0.1) is 17.2 Å². The Hall–Kier alpha value is -2.80. The van der Waals surface area contributed by atoms with Crippen LogP contribution < -0.4 is 4.74 Å². The molecule has 2 aromatic rings. The van der Waals surface area contributed by atoms with Gasteiger partial charge in [0, 0.05) is 0 Å². The van der Waals surface area contributed by atoms with Crippen molar-refractivity contribution in [2.45, 2.75) is 19.3 Å². The molecule has 0 saturated heterocycles. The molecule has 0 radical (unpaired) electrons. The number of benzene rings is 2. The summed E-state index contributed by atoms with van der Waals surface area (Å²) in [7, 11) is 0. The Balaban J connectivity index is 2.39. The molecule has 2 rings (SSSR count). The van der Waals surface area contributed by atoms with Crippen LogP contribution in [-0.2, 0) is 10.2 Å². The zero-order chi connectivity index (χ0) is 16.2. The van der Waals surface area contributed by atoms with E-state index in [-0.39, 0.29) is 0 Å². The lowest BCUT2D eigenvalue weighted by atomic mass is 9.73. The van der Waals surface area contributed by atoms with Gasteiger partial charge in [0.15, 0.2) is 0 Å². The average Bonchev–Trinajstić information content (AvgIpc) is 2.54. The summed E-state index contributed by atoms with van der Waals surface area (Å²) in [5, 5.41) is 18.7. The lowest BCUT2D eigenvalue weighted by molar-refractivity contribution is -0.144. The van der Waals surface area contributed by atoms with Crippen molar-refractivity contribution < 1.29 is 14.6 Å². The molecular formula is C18H17NO3. The van der Waals surface area contributed by atoms with E-state index in [2.05, 4.69) is 0 Å². The summed E-state index contributed by atoms with van der Waals surface area (Å²) in [6.07, 6.45) is 0. The standard InChI is InChI=1S/C18H17NO3/c1-13(12-19)18(2,17(20)21)14-7-6-10-16(11-14)22-15-8-4-3-5-9-15/h3-11,13H,1-2H3,(H,20,21). The molecule has 0 aliphatic heterocycles. The van der Waals surface area contributed by atoms with Gasteiger partial charge in [0.05, 0.1) is 12.0 Å². The van der Waals surface area contributed by atoms with Gasteiger partial charge in [-0.3, -0.25) is 4.79 Å². The number of ether oxygens (including phenoxy) is 1. The molecule has 0 bridgehead atoms. The van der Waals surface area contributed by atoms with Crippen LogP contribution in [0.25, 0.3) is 0 Å². The Bertz CT molecular complexity index is 706. The maximum Gasteiger partial charge on any atom is 0.315 e. The molecule has 2 aromatic carbocycles. The smallest absolute Gasteiger partial charge is 0.315 e. The molecular weight excluding hydrogens is 278 g/mol. The second-order valence-corrected chi connectivity index (χ2v) is 5.30. The number of hydrogen-bond donors (Lipinski definition) is 1. The third-order valence-corrected chi connectivity index (χ3v) is 3.92. The highest BCUT2D eigenvalue weighted by molar-refractivity contribution is 5.82. The summed E-state index contributed by atoms with van der Waals surface area (Å²) >= 11 is 0. The highest BCUT2D eigenvalue weighted by Crippen LogP contribution is 2.35. The van der Waals surface area contributed by atoms with Crippen molar-refractivity contribution in [1.29, 1.82) is 5.26 Å². The highest BCUT2D eigenvalue weighted by atomic mass is 16.5. The molecule has 1 N–H and O–H groups in total. The summed E-state index contributed by atoms with van der Waals surface area (Å²) in [5.41, 5.74) is -0.743. The van der Waals surface area contributed by atoms with E-state index in [1.807, 2.05) is 36.4 Å². The van der Waals surface area contributed by atoms with Gasteiger partial charge in [-0.25, -0.2) is 0 Å². The average molecular weight is 295 g/mol. The molecule has 0 aromatic heterocycles. The normalized spacial score (nSPS) is 14.4. The van der Waals surface area contributed by atoms with Crippen LogP contribution in [0.1, 0.15) is 19.4 Å². The lowest BCUT2D eigenvalue weighted by Gasteiger charge is -2.28. The van der Waals surface area contributed by atoms with Crippen LogP contribution in [0.15, 0.2) is 54.6 Å². The van der Waals surface area contributed by atoms with Crippen LogP contribution in [0.4, 0.5) is 0 Å². The zero-order valence-electron chi connectivity index (χ0n) is 12.5. The highest BCUT2D eigenvalue weighted by Gasteiger charge is 2.41. The molecule has 0 spiro atoms. The SMILES string of the molecule is CC(C#N)C(C)(C(=O)O)c1cccc(Oc2ccccc2)c1. The largest absolute Gasteiger partial charge is 0.481 e.